The maximum atomic E-state index is 10.1. The number of benzene rings is 1. The van der Waals surface area contributed by atoms with Crippen molar-refractivity contribution in [3.8, 4) is 0 Å². The third-order valence-corrected chi connectivity index (χ3v) is 3.28. The number of para-hydroxylation sites is 1. The number of aliphatic hydroxyl groups is 2. The highest BCUT2D eigenvalue weighted by molar-refractivity contribution is 5.55. The summed E-state index contributed by atoms with van der Waals surface area (Å²) in [5.41, 5.74) is 2.12. The van der Waals surface area contributed by atoms with Crippen LogP contribution in [0.2, 0.25) is 0 Å². The zero-order valence-electron chi connectivity index (χ0n) is 10.6. The first-order valence-corrected chi connectivity index (χ1v) is 6.53. The molecule has 100 valence electrons. The number of rotatable bonds is 5. The summed E-state index contributed by atoms with van der Waals surface area (Å²) in [5, 5.41) is 18.7. The minimum atomic E-state index is -0.357. The molecule has 1 aromatic carbocycles. The molecule has 1 atom stereocenters. The Bertz CT molecular complexity index is 370. The quantitative estimate of drug-likeness (QED) is 0.775. The molecule has 4 heteroatoms. The first kappa shape index (κ1) is 13.3. The molecular weight excluding hydrogens is 230 g/mol. The van der Waals surface area contributed by atoms with Crippen LogP contribution in [-0.2, 0) is 4.74 Å². The van der Waals surface area contributed by atoms with Crippen molar-refractivity contribution >= 4 is 5.69 Å². The highest BCUT2D eigenvalue weighted by Gasteiger charge is 2.20. The Morgan fingerprint density at radius 3 is 2.94 bits per heavy atom. The summed E-state index contributed by atoms with van der Waals surface area (Å²) in [6.45, 7) is 2.79. The summed E-state index contributed by atoms with van der Waals surface area (Å²) in [7, 11) is 0. The number of nitrogens with zero attached hydrogens (tertiary/aromatic N) is 1. The van der Waals surface area contributed by atoms with E-state index in [-0.39, 0.29) is 12.7 Å². The first-order chi connectivity index (χ1) is 8.83. The van der Waals surface area contributed by atoms with Crippen LogP contribution in [-0.4, -0.2) is 43.1 Å². The van der Waals surface area contributed by atoms with E-state index in [1.807, 2.05) is 18.2 Å². The lowest BCUT2D eigenvalue weighted by Gasteiger charge is -2.25. The molecule has 0 saturated carbocycles. The van der Waals surface area contributed by atoms with Gasteiger partial charge in [-0.25, -0.2) is 0 Å². The van der Waals surface area contributed by atoms with Gasteiger partial charge in [0.1, 0.15) is 0 Å². The van der Waals surface area contributed by atoms with Crippen LogP contribution in [0.4, 0.5) is 5.69 Å². The van der Waals surface area contributed by atoms with Crippen LogP contribution < -0.4 is 4.90 Å². The molecule has 2 rings (SSSR count). The standard InChI is InChI=1S/C14H21NO3/c16-9-11-18-10-8-15-7-3-6-14(17)12-4-1-2-5-13(12)15/h1-2,4-5,14,16-17H,3,6-11H2. The van der Waals surface area contributed by atoms with Gasteiger partial charge in [0.05, 0.1) is 25.9 Å². The van der Waals surface area contributed by atoms with Crippen LogP contribution in [0.15, 0.2) is 24.3 Å². The summed E-state index contributed by atoms with van der Waals surface area (Å²) >= 11 is 0. The van der Waals surface area contributed by atoms with Crippen molar-refractivity contribution in [2.75, 3.05) is 37.8 Å². The van der Waals surface area contributed by atoms with Crippen molar-refractivity contribution in [2.45, 2.75) is 18.9 Å². The van der Waals surface area contributed by atoms with E-state index in [2.05, 4.69) is 11.0 Å². The summed E-state index contributed by atoms with van der Waals surface area (Å²) in [5.74, 6) is 0. The zero-order chi connectivity index (χ0) is 12.8. The van der Waals surface area contributed by atoms with Crippen LogP contribution >= 0.6 is 0 Å². The van der Waals surface area contributed by atoms with E-state index in [9.17, 15) is 5.11 Å². The molecule has 1 aromatic rings. The molecule has 0 saturated heterocycles. The minimum Gasteiger partial charge on any atom is -0.394 e. The van der Waals surface area contributed by atoms with Gasteiger partial charge in [0.25, 0.3) is 0 Å². The molecule has 0 amide bonds. The SMILES string of the molecule is OCCOCCN1CCCC(O)c2ccccc21. The molecule has 18 heavy (non-hydrogen) atoms. The monoisotopic (exact) mass is 251 g/mol. The predicted octanol–water partition coefficient (Wildman–Crippen LogP) is 1.33. The predicted molar refractivity (Wildman–Crippen MR) is 70.8 cm³/mol. The molecule has 0 aliphatic carbocycles. The molecular formula is C14H21NO3. The second-order valence-corrected chi connectivity index (χ2v) is 4.54. The highest BCUT2D eigenvalue weighted by atomic mass is 16.5. The average molecular weight is 251 g/mol. The fraction of sp³-hybridized carbons (Fsp3) is 0.571. The summed E-state index contributed by atoms with van der Waals surface area (Å²) < 4.78 is 5.31. The topological polar surface area (TPSA) is 52.9 Å². The maximum Gasteiger partial charge on any atom is 0.0810 e. The Balaban J connectivity index is 2.04. The van der Waals surface area contributed by atoms with Gasteiger partial charge >= 0.3 is 0 Å². The second-order valence-electron chi connectivity index (χ2n) is 4.54. The van der Waals surface area contributed by atoms with E-state index in [1.54, 1.807) is 0 Å². The van der Waals surface area contributed by atoms with Crippen LogP contribution in [0.25, 0.3) is 0 Å². The van der Waals surface area contributed by atoms with E-state index in [1.165, 1.54) is 0 Å². The lowest BCUT2D eigenvalue weighted by molar-refractivity contribution is 0.0966. The summed E-state index contributed by atoms with van der Waals surface area (Å²) in [6.07, 6.45) is 1.44. The highest BCUT2D eigenvalue weighted by Crippen LogP contribution is 2.32. The van der Waals surface area contributed by atoms with Gasteiger partial charge in [-0.1, -0.05) is 18.2 Å². The van der Waals surface area contributed by atoms with Crippen molar-refractivity contribution in [2.24, 2.45) is 0 Å². The smallest absolute Gasteiger partial charge is 0.0810 e. The Morgan fingerprint density at radius 1 is 1.28 bits per heavy atom. The van der Waals surface area contributed by atoms with E-state index in [4.69, 9.17) is 9.84 Å². The molecule has 0 bridgehead atoms. The minimum absolute atomic E-state index is 0.0648. The van der Waals surface area contributed by atoms with Gasteiger partial charge in [0.2, 0.25) is 0 Å². The Hall–Kier alpha value is -1.10. The lowest BCUT2D eigenvalue weighted by Crippen LogP contribution is -2.28. The molecule has 1 unspecified atom stereocenters. The fourth-order valence-electron chi connectivity index (χ4n) is 2.38. The van der Waals surface area contributed by atoms with E-state index < -0.39 is 0 Å². The number of fused-ring (bicyclic) bond motifs is 1. The Morgan fingerprint density at radius 2 is 2.11 bits per heavy atom. The average Bonchev–Trinajstić information content (AvgIpc) is 2.56. The van der Waals surface area contributed by atoms with Crippen molar-refractivity contribution in [1.29, 1.82) is 0 Å². The number of anilines is 1. The van der Waals surface area contributed by atoms with Crippen molar-refractivity contribution in [3.05, 3.63) is 29.8 Å². The summed E-state index contributed by atoms with van der Waals surface area (Å²) in [4.78, 5) is 2.25. The largest absolute Gasteiger partial charge is 0.394 e. The van der Waals surface area contributed by atoms with Gasteiger partial charge in [0.15, 0.2) is 0 Å². The van der Waals surface area contributed by atoms with E-state index in [0.717, 1.165) is 37.2 Å². The Kier molecular flexibility index (Phi) is 4.99. The fourth-order valence-corrected chi connectivity index (χ4v) is 2.38. The molecule has 1 aliphatic rings. The molecule has 0 fully saturated rings. The number of hydrogen-bond acceptors (Lipinski definition) is 4. The third-order valence-electron chi connectivity index (χ3n) is 3.28. The second kappa shape index (κ2) is 6.73. The zero-order valence-corrected chi connectivity index (χ0v) is 10.6. The molecule has 0 radical (unpaired) electrons. The van der Waals surface area contributed by atoms with Crippen LogP contribution in [0.3, 0.4) is 0 Å². The van der Waals surface area contributed by atoms with Gasteiger partial charge in [-0.3, -0.25) is 0 Å². The number of ether oxygens (including phenoxy) is 1. The molecule has 1 heterocycles. The first-order valence-electron chi connectivity index (χ1n) is 6.53. The van der Waals surface area contributed by atoms with Crippen molar-refractivity contribution in [3.63, 3.8) is 0 Å². The van der Waals surface area contributed by atoms with Crippen molar-refractivity contribution < 1.29 is 14.9 Å². The van der Waals surface area contributed by atoms with Crippen LogP contribution in [0.5, 0.6) is 0 Å². The molecule has 0 spiro atoms. The van der Waals surface area contributed by atoms with Gasteiger partial charge in [0, 0.05) is 24.3 Å². The van der Waals surface area contributed by atoms with Gasteiger partial charge < -0.3 is 19.8 Å². The normalized spacial score (nSPS) is 19.4. The van der Waals surface area contributed by atoms with Gasteiger partial charge in [-0.05, 0) is 18.9 Å². The third kappa shape index (κ3) is 3.22. The molecule has 0 aromatic heterocycles. The van der Waals surface area contributed by atoms with Crippen LogP contribution in [0, 0.1) is 0 Å². The molecule has 2 N–H and O–H groups in total. The number of aliphatic hydroxyl groups excluding tert-OH is 2. The lowest BCUT2D eigenvalue weighted by atomic mass is 10.0. The number of hydrogen-bond donors (Lipinski definition) is 2. The van der Waals surface area contributed by atoms with Crippen molar-refractivity contribution in [1.82, 2.24) is 0 Å². The summed E-state index contributed by atoms with van der Waals surface area (Å²) in [6, 6.07) is 8.01. The molecule has 4 nitrogen and oxygen atoms in total. The maximum absolute atomic E-state index is 10.1. The van der Waals surface area contributed by atoms with E-state index in [0.29, 0.717) is 13.2 Å². The molecule has 1 aliphatic heterocycles. The van der Waals surface area contributed by atoms with Gasteiger partial charge in [-0.15, -0.1) is 0 Å². The van der Waals surface area contributed by atoms with E-state index >= 15 is 0 Å². The Labute approximate surface area is 108 Å². The van der Waals surface area contributed by atoms with Crippen LogP contribution in [0.1, 0.15) is 24.5 Å². The van der Waals surface area contributed by atoms with Gasteiger partial charge in [-0.2, -0.15) is 0 Å².